The van der Waals surface area contributed by atoms with Crippen LogP contribution in [0.5, 0.6) is 0 Å². The van der Waals surface area contributed by atoms with Crippen molar-refractivity contribution in [2.75, 3.05) is 0 Å². The first-order chi connectivity index (χ1) is 9.54. The van der Waals surface area contributed by atoms with Crippen molar-refractivity contribution in [3.05, 3.63) is 56.2 Å². The van der Waals surface area contributed by atoms with Gasteiger partial charge in [-0.05, 0) is 17.5 Å². The van der Waals surface area contributed by atoms with Gasteiger partial charge in [0.25, 0.3) is 0 Å². The molecular weight excluding hydrogens is 331 g/mol. The molecule has 3 unspecified atom stereocenters. The smallest absolute Gasteiger partial charge is 0.0991 e. The summed E-state index contributed by atoms with van der Waals surface area (Å²) in [6.07, 6.45) is 1.07. The highest BCUT2D eigenvalue weighted by Gasteiger charge is 2.29. The maximum absolute atomic E-state index is 6.76. The van der Waals surface area contributed by atoms with E-state index in [1.54, 1.807) is 0 Å². The van der Waals surface area contributed by atoms with Crippen molar-refractivity contribution in [2.24, 2.45) is 5.92 Å². The van der Waals surface area contributed by atoms with Gasteiger partial charge in [0.15, 0.2) is 0 Å². The Morgan fingerprint density at radius 2 is 1.80 bits per heavy atom. The molecule has 0 fully saturated rings. The number of hydrogen-bond acceptors (Lipinski definition) is 1. The van der Waals surface area contributed by atoms with Gasteiger partial charge in [0.05, 0.1) is 14.0 Å². The summed E-state index contributed by atoms with van der Waals surface area (Å²) in [7, 11) is 0. The fraction of sp³-hybridized carbons (Fsp3) is 0.375. The van der Waals surface area contributed by atoms with Crippen LogP contribution in [-0.2, 0) is 0 Å². The van der Waals surface area contributed by atoms with Crippen LogP contribution in [0.3, 0.4) is 0 Å². The third kappa shape index (κ3) is 3.51. The summed E-state index contributed by atoms with van der Waals surface area (Å²) >= 11 is 20.5. The predicted octanol–water partition coefficient (Wildman–Crippen LogP) is 7.16. The number of benzene rings is 1. The molecule has 108 valence electrons. The van der Waals surface area contributed by atoms with Crippen LogP contribution in [0.2, 0.25) is 8.67 Å². The van der Waals surface area contributed by atoms with E-state index in [4.69, 9.17) is 34.8 Å². The van der Waals surface area contributed by atoms with E-state index in [0.717, 1.165) is 12.0 Å². The Morgan fingerprint density at radius 3 is 2.30 bits per heavy atom. The molecule has 0 amide bonds. The largest absolute Gasteiger partial charge is 0.117 e. The fourth-order valence-electron chi connectivity index (χ4n) is 2.45. The Labute approximate surface area is 139 Å². The predicted molar refractivity (Wildman–Crippen MR) is 91.6 cm³/mol. The zero-order valence-corrected chi connectivity index (χ0v) is 14.5. The highest BCUT2D eigenvalue weighted by atomic mass is 35.5. The molecule has 2 aromatic rings. The summed E-state index contributed by atoms with van der Waals surface area (Å²) in [5, 5.41) is -0.163. The van der Waals surface area contributed by atoms with Crippen molar-refractivity contribution in [1.29, 1.82) is 0 Å². The maximum Gasteiger partial charge on any atom is 0.0991 e. The topological polar surface area (TPSA) is 0 Å². The molecule has 1 heterocycles. The Hall–Kier alpha value is -0.210. The monoisotopic (exact) mass is 346 g/mol. The van der Waals surface area contributed by atoms with Gasteiger partial charge in [-0.3, -0.25) is 0 Å². The van der Waals surface area contributed by atoms with Crippen LogP contribution in [0.15, 0.2) is 36.4 Å². The second-order valence-corrected chi connectivity index (χ2v) is 7.76. The number of alkyl halides is 1. The number of halogens is 3. The molecule has 0 bridgehead atoms. The van der Waals surface area contributed by atoms with Crippen molar-refractivity contribution >= 4 is 46.1 Å². The van der Waals surface area contributed by atoms with Crippen molar-refractivity contribution in [3.8, 4) is 0 Å². The third-order valence-electron chi connectivity index (χ3n) is 3.74. The van der Waals surface area contributed by atoms with Gasteiger partial charge in [-0.15, -0.1) is 22.9 Å². The number of hydrogen-bond donors (Lipinski definition) is 0. The van der Waals surface area contributed by atoms with Gasteiger partial charge in [-0.2, -0.15) is 0 Å². The summed E-state index contributed by atoms with van der Waals surface area (Å²) in [6, 6.07) is 12.3. The van der Waals surface area contributed by atoms with Crippen molar-refractivity contribution < 1.29 is 0 Å². The average Bonchev–Trinajstić information content (AvgIpc) is 2.79. The second kappa shape index (κ2) is 7.17. The average molecular weight is 348 g/mol. The molecule has 0 aliphatic rings. The molecule has 0 saturated carbocycles. The lowest BCUT2D eigenvalue weighted by atomic mass is 9.81. The molecule has 1 aromatic heterocycles. The van der Waals surface area contributed by atoms with E-state index < -0.39 is 0 Å². The third-order valence-corrected chi connectivity index (χ3v) is 5.76. The van der Waals surface area contributed by atoms with Crippen LogP contribution in [0.4, 0.5) is 0 Å². The van der Waals surface area contributed by atoms with Gasteiger partial charge in [-0.25, -0.2) is 0 Å². The van der Waals surface area contributed by atoms with E-state index in [1.807, 2.05) is 12.1 Å². The van der Waals surface area contributed by atoms with E-state index in [0.29, 0.717) is 14.6 Å². The van der Waals surface area contributed by atoms with E-state index in [2.05, 4.69) is 38.1 Å². The zero-order chi connectivity index (χ0) is 14.7. The van der Waals surface area contributed by atoms with Gasteiger partial charge in [0.2, 0.25) is 0 Å². The first-order valence-electron chi connectivity index (χ1n) is 6.68. The van der Waals surface area contributed by atoms with E-state index in [9.17, 15) is 0 Å². The second-order valence-electron chi connectivity index (χ2n) is 5.00. The van der Waals surface area contributed by atoms with E-state index in [1.165, 1.54) is 16.9 Å². The lowest BCUT2D eigenvalue weighted by Crippen LogP contribution is -2.14. The molecule has 0 nitrogen and oxygen atoms in total. The molecule has 0 aliphatic heterocycles. The molecule has 0 saturated heterocycles. The first kappa shape index (κ1) is 16.2. The molecule has 0 radical (unpaired) electrons. The van der Waals surface area contributed by atoms with Crippen molar-refractivity contribution in [1.82, 2.24) is 0 Å². The summed E-state index contributed by atoms with van der Waals surface area (Å²) < 4.78 is 1.38. The Bertz CT molecular complexity index is 550. The minimum atomic E-state index is -0.163. The summed E-state index contributed by atoms with van der Waals surface area (Å²) in [6.45, 7) is 4.42. The highest BCUT2D eigenvalue weighted by molar-refractivity contribution is 7.20. The van der Waals surface area contributed by atoms with Crippen molar-refractivity contribution in [3.63, 3.8) is 0 Å². The Balaban J connectivity index is 2.39. The molecule has 0 spiro atoms. The molecular formula is C16H17Cl3S. The molecule has 1 aromatic carbocycles. The van der Waals surface area contributed by atoms with Crippen molar-refractivity contribution in [2.45, 2.75) is 31.6 Å². The molecule has 0 aliphatic carbocycles. The molecule has 2 rings (SSSR count). The van der Waals surface area contributed by atoms with Crippen LogP contribution in [0.25, 0.3) is 0 Å². The van der Waals surface area contributed by atoms with Gasteiger partial charge < -0.3 is 0 Å². The Kier molecular flexibility index (Phi) is 5.80. The summed E-state index contributed by atoms with van der Waals surface area (Å²) in [5.74, 6) is 0.695. The minimum absolute atomic E-state index is 0.163. The summed E-state index contributed by atoms with van der Waals surface area (Å²) in [5.41, 5.74) is 2.19. The van der Waals surface area contributed by atoms with Crippen LogP contribution in [-0.4, -0.2) is 0 Å². The molecule has 3 atom stereocenters. The fourth-order valence-corrected chi connectivity index (χ4v) is 4.69. The number of rotatable bonds is 5. The molecule has 0 N–H and O–H groups in total. The summed E-state index contributed by atoms with van der Waals surface area (Å²) in [4.78, 5) is 0. The molecule has 4 heteroatoms. The van der Waals surface area contributed by atoms with Crippen LogP contribution in [0.1, 0.15) is 42.7 Å². The number of thiophene rings is 1. The molecule has 20 heavy (non-hydrogen) atoms. The maximum atomic E-state index is 6.76. The van der Waals surface area contributed by atoms with Crippen LogP contribution >= 0.6 is 46.1 Å². The minimum Gasteiger partial charge on any atom is -0.117 e. The van der Waals surface area contributed by atoms with Gasteiger partial charge in [0.1, 0.15) is 0 Å². The van der Waals surface area contributed by atoms with Crippen LogP contribution < -0.4 is 0 Å². The first-order valence-corrected chi connectivity index (χ1v) is 8.69. The van der Waals surface area contributed by atoms with Gasteiger partial charge in [0, 0.05) is 11.5 Å². The lowest BCUT2D eigenvalue weighted by Gasteiger charge is -2.28. The van der Waals surface area contributed by atoms with Gasteiger partial charge in [-0.1, -0.05) is 73.8 Å². The van der Waals surface area contributed by atoms with Crippen LogP contribution in [0, 0.1) is 5.92 Å². The quantitative estimate of drug-likeness (QED) is 0.503. The lowest BCUT2D eigenvalue weighted by molar-refractivity contribution is 0.434. The standard InChI is InChI=1S/C16H17Cl3S/c1-3-10(2)14(11-7-5-4-6-8-11)15(18)12-9-13(17)20-16(12)19/h4-10,14-15H,3H2,1-2H3. The normalized spacial score (nSPS) is 15.8. The highest BCUT2D eigenvalue weighted by Crippen LogP contribution is 2.47. The SMILES string of the molecule is CCC(C)C(c1ccccc1)C(Cl)c1cc(Cl)sc1Cl. The van der Waals surface area contributed by atoms with E-state index >= 15 is 0 Å². The van der Waals surface area contributed by atoms with E-state index in [-0.39, 0.29) is 11.3 Å². The Morgan fingerprint density at radius 1 is 1.15 bits per heavy atom. The zero-order valence-electron chi connectivity index (χ0n) is 11.4. The van der Waals surface area contributed by atoms with Gasteiger partial charge >= 0.3 is 0 Å².